The van der Waals surface area contributed by atoms with E-state index in [0.717, 1.165) is 16.9 Å². The van der Waals surface area contributed by atoms with Crippen molar-refractivity contribution in [1.29, 1.82) is 0 Å². The van der Waals surface area contributed by atoms with Crippen LogP contribution in [-0.2, 0) is 17.8 Å². The Morgan fingerprint density at radius 1 is 1.04 bits per heavy atom. The third kappa shape index (κ3) is 6.10. The molecule has 1 amide bonds. The van der Waals surface area contributed by atoms with Crippen LogP contribution < -0.4 is 10.1 Å². The second-order valence-electron chi connectivity index (χ2n) is 5.93. The van der Waals surface area contributed by atoms with Gasteiger partial charge < -0.3 is 10.1 Å². The van der Waals surface area contributed by atoms with E-state index in [-0.39, 0.29) is 11.7 Å². The number of carbonyl (C=O) groups is 1. The predicted molar refractivity (Wildman–Crippen MR) is 88.7 cm³/mol. The second-order valence-corrected chi connectivity index (χ2v) is 5.93. The van der Waals surface area contributed by atoms with E-state index in [1.165, 1.54) is 12.1 Å². The molecule has 0 bridgehead atoms. The molecular weight excluding hydrogens is 293 g/mol. The standard InChI is InChI=1S/C19H22FNO2/c1-14(2)13-23-18-9-5-15(6-10-18)11-19(22)21-12-16-3-7-17(20)8-4-16/h3-10,14H,11-13H2,1-2H3,(H,21,22). The summed E-state index contributed by atoms with van der Waals surface area (Å²) >= 11 is 0. The van der Waals surface area contributed by atoms with Crippen LogP contribution in [0.5, 0.6) is 5.75 Å². The van der Waals surface area contributed by atoms with Crippen molar-refractivity contribution in [3.8, 4) is 5.75 Å². The molecule has 2 aromatic rings. The molecule has 0 aliphatic heterocycles. The number of halogens is 1. The van der Waals surface area contributed by atoms with Crippen LogP contribution in [0, 0.1) is 11.7 Å². The Morgan fingerprint density at radius 3 is 2.26 bits per heavy atom. The molecule has 0 radical (unpaired) electrons. The molecule has 0 spiro atoms. The van der Waals surface area contributed by atoms with Gasteiger partial charge in [0.2, 0.25) is 5.91 Å². The van der Waals surface area contributed by atoms with E-state index in [2.05, 4.69) is 19.2 Å². The van der Waals surface area contributed by atoms with Gasteiger partial charge in [-0.25, -0.2) is 4.39 Å². The summed E-state index contributed by atoms with van der Waals surface area (Å²) in [6.45, 7) is 5.27. The van der Waals surface area contributed by atoms with Gasteiger partial charge in [-0.3, -0.25) is 4.79 Å². The number of benzene rings is 2. The summed E-state index contributed by atoms with van der Waals surface area (Å²) < 4.78 is 18.4. The van der Waals surface area contributed by atoms with E-state index in [1.54, 1.807) is 12.1 Å². The maximum atomic E-state index is 12.8. The van der Waals surface area contributed by atoms with Crippen molar-refractivity contribution in [2.24, 2.45) is 5.92 Å². The number of rotatable bonds is 7. The number of ether oxygens (including phenoxy) is 1. The van der Waals surface area contributed by atoms with Gasteiger partial charge in [0.1, 0.15) is 11.6 Å². The lowest BCUT2D eigenvalue weighted by Crippen LogP contribution is -2.24. The van der Waals surface area contributed by atoms with Gasteiger partial charge in [-0.05, 0) is 41.3 Å². The largest absolute Gasteiger partial charge is 0.493 e. The molecule has 1 N–H and O–H groups in total. The summed E-state index contributed by atoms with van der Waals surface area (Å²) in [7, 11) is 0. The lowest BCUT2D eigenvalue weighted by Gasteiger charge is -2.09. The van der Waals surface area contributed by atoms with E-state index < -0.39 is 0 Å². The minimum atomic E-state index is -0.278. The van der Waals surface area contributed by atoms with E-state index >= 15 is 0 Å². The Hall–Kier alpha value is -2.36. The van der Waals surface area contributed by atoms with Gasteiger partial charge in [-0.2, -0.15) is 0 Å². The zero-order valence-corrected chi connectivity index (χ0v) is 13.5. The van der Waals surface area contributed by atoms with Crippen LogP contribution in [0.1, 0.15) is 25.0 Å². The summed E-state index contributed by atoms with van der Waals surface area (Å²) in [5, 5.41) is 2.83. The zero-order valence-electron chi connectivity index (χ0n) is 13.5. The first kappa shape index (κ1) is 17.0. The highest BCUT2D eigenvalue weighted by Gasteiger charge is 2.04. The van der Waals surface area contributed by atoms with Crippen molar-refractivity contribution in [2.45, 2.75) is 26.8 Å². The molecule has 0 aliphatic rings. The summed E-state index contributed by atoms with van der Waals surface area (Å²) in [6, 6.07) is 13.7. The minimum Gasteiger partial charge on any atom is -0.493 e. The highest BCUT2D eigenvalue weighted by Crippen LogP contribution is 2.13. The number of nitrogens with one attached hydrogen (secondary N) is 1. The Kier molecular flexibility index (Phi) is 6.15. The van der Waals surface area contributed by atoms with Gasteiger partial charge >= 0.3 is 0 Å². The SMILES string of the molecule is CC(C)COc1ccc(CC(=O)NCc2ccc(F)cc2)cc1. The van der Waals surface area contributed by atoms with Crippen LogP contribution >= 0.6 is 0 Å². The van der Waals surface area contributed by atoms with Crippen molar-refractivity contribution in [2.75, 3.05) is 6.61 Å². The highest BCUT2D eigenvalue weighted by atomic mass is 19.1. The van der Waals surface area contributed by atoms with Crippen LogP contribution in [0.15, 0.2) is 48.5 Å². The molecule has 0 aliphatic carbocycles. The third-order valence-corrected chi connectivity index (χ3v) is 3.27. The summed E-state index contributed by atoms with van der Waals surface area (Å²) in [6.07, 6.45) is 0.311. The molecule has 23 heavy (non-hydrogen) atoms. The van der Waals surface area contributed by atoms with Gasteiger partial charge in [0, 0.05) is 6.54 Å². The van der Waals surface area contributed by atoms with Gasteiger partial charge in [-0.1, -0.05) is 38.1 Å². The molecule has 0 unspecified atom stereocenters. The summed E-state index contributed by atoms with van der Waals surface area (Å²) in [5.41, 5.74) is 1.80. The topological polar surface area (TPSA) is 38.3 Å². The normalized spacial score (nSPS) is 10.6. The fraction of sp³-hybridized carbons (Fsp3) is 0.316. The molecule has 0 atom stereocenters. The van der Waals surface area contributed by atoms with Crippen molar-refractivity contribution >= 4 is 5.91 Å². The third-order valence-electron chi connectivity index (χ3n) is 3.27. The molecule has 4 heteroatoms. The molecule has 0 saturated carbocycles. The lowest BCUT2D eigenvalue weighted by atomic mass is 10.1. The number of carbonyl (C=O) groups excluding carboxylic acids is 1. The van der Waals surface area contributed by atoms with E-state index in [0.29, 0.717) is 25.5 Å². The molecule has 122 valence electrons. The smallest absolute Gasteiger partial charge is 0.224 e. The molecule has 0 fully saturated rings. The molecule has 2 aromatic carbocycles. The summed E-state index contributed by atoms with van der Waals surface area (Å²) in [5.74, 6) is 0.950. The molecule has 0 heterocycles. The Balaban J connectivity index is 1.79. The average Bonchev–Trinajstić information content (AvgIpc) is 2.53. The van der Waals surface area contributed by atoms with E-state index in [9.17, 15) is 9.18 Å². The van der Waals surface area contributed by atoms with Gasteiger partial charge in [0.15, 0.2) is 0 Å². The first-order valence-electron chi connectivity index (χ1n) is 7.76. The Morgan fingerprint density at radius 2 is 1.65 bits per heavy atom. The van der Waals surface area contributed by atoms with Crippen molar-refractivity contribution < 1.29 is 13.9 Å². The maximum absolute atomic E-state index is 12.8. The van der Waals surface area contributed by atoms with Crippen molar-refractivity contribution in [1.82, 2.24) is 5.32 Å². The minimum absolute atomic E-state index is 0.0647. The number of hydrogen-bond donors (Lipinski definition) is 1. The number of amides is 1. The molecular formula is C19H22FNO2. The van der Waals surface area contributed by atoms with E-state index in [4.69, 9.17) is 4.74 Å². The zero-order chi connectivity index (χ0) is 16.7. The van der Waals surface area contributed by atoms with Crippen LogP contribution in [0.2, 0.25) is 0 Å². The van der Waals surface area contributed by atoms with Gasteiger partial charge in [0.05, 0.1) is 13.0 Å². The molecule has 3 nitrogen and oxygen atoms in total. The second kappa shape index (κ2) is 8.32. The van der Waals surface area contributed by atoms with Crippen LogP contribution in [0.4, 0.5) is 4.39 Å². The van der Waals surface area contributed by atoms with E-state index in [1.807, 2.05) is 24.3 Å². The lowest BCUT2D eigenvalue weighted by molar-refractivity contribution is -0.120. The first-order chi connectivity index (χ1) is 11.0. The molecule has 0 saturated heterocycles. The molecule has 0 aromatic heterocycles. The fourth-order valence-electron chi connectivity index (χ4n) is 2.02. The van der Waals surface area contributed by atoms with Crippen LogP contribution in [0.25, 0.3) is 0 Å². The predicted octanol–water partition coefficient (Wildman–Crippen LogP) is 3.72. The quantitative estimate of drug-likeness (QED) is 0.845. The summed E-state index contributed by atoms with van der Waals surface area (Å²) in [4.78, 5) is 11.9. The van der Waals surface area contributed by atoms with Gasteiger partial charge in [-0.15, -0.1) is 0 Å². The Labute approximate surface area is 136 Å². The average molecular weight is 315 g/mol. The molecule has 2 rings (SSSR count). The van der Waals surface area contributed by atoms with Gasteiger partial charge in [0.25, 0.3) is 0 Å². The van der Waals surface area contributed by atoms with Crippen molar-refractivity contribution in [3.63, 3.8) is 0 Å². The first-order valence-corrected chi connectivity index (χ1v) is 7.76. The maximum Gasteiger partial charge on any atom is 0.224 e. The Bertz CT molecular complexity index is 621. The van der Waals surface area contributed by atoms with Crippen LogP contribution in [-0.4, -0.2) is 12.5 Å². The fourth-order valence-corrected chi connectivity index (χ4v) is 2.02. The van der Waals surface area contributed by atoms with Crippen molar-refractivity contribution in [3.05, 3.63) is 65.5 Å². The highest BCUT2D eigenvalue weighted by molar-refractivity contribution is 5.78. The van der Waals surface area contributed by atoms with Crippen LogP contribution in [0.3, 0.4) is 0 Å². The monoisotopic (exact) mass is 315 g/mol. The number of hydrogen-bond acceptors (Lipinski definition) is 2.